The van der Waals surface area contributed by atoms with Crippen molar-refractivity contribution in [3.05, 3.63) is 49.3 Å². The minimum Gasteiger partial charge on any atom is -0.465 e. The van der Waals surface area contributed by atoms with Crippen LogP contribution in [-0.2, 0) is 47.4 Å². The summed E-state index contributed by atoms with van der Waals surface area (Å²) in [4.78, 5) is 17.6. The fraction of sp³-hybridized carbons (Fsp3) is 0.800. The summed E-state index contributed by atoms with van der Waals surface area (Å²) in [5.41, 5.74) is 0.691. The molecule has 0 bridgehead atoms. The van der Waals surface area contributed by atoms with Crippen LogP contribution in [0.5, 0.6) is 0 Å². The Balaban J connectivity index is 0.000000213. The first-order valence-electron chi connectivity index (χ1n) is 23.6. The Kier molecular flexibility index (Phi) is 28.0. The van der Waals surface area contributed by atoms with E-state index in [1.165, 1.54) is 29.8 Å². The Labute approximate surface area is 406 Å². The predicted molar refractivity (Wildman–Crippen MR) is 234 cm³/mol. The molecule has 69 heavy (non-hydrogen) atoms. The van der Waals surface area contributed by atoms with Crippen LogP contribution in [0.3, 0.4) is 0 Å². The van der Waals surface area contributed by atoms with Crippen molar-refractivity contribution in [3.8, 4) is 6.07 Å². The van der Waals surface area contributed by atoms with Gasteiger partial charge in [0, 0.05) is 12.8 Å². The van der Waals surface area contributed by atoms with Crippen LogP contribution < -0.4 is 34.3 Å². The van der Waals surface area contributed by atoms with Crippen molar-refractivity contribution in [1.29, 1.82) is 5.26 Å². The molecule has 2 spiro atoms. The number of nitrogens with one attached hydrogen (secondary N) is 7. The lowest BCUT2D eigenvalue weighted by molar-refractivity contribution is -0.932. The highest BCUT2D eigenvalue weighted by molar-refractivity contribution is 5.74. The molecule has 12 unspecified atom stereocenters. The van der Waals surface area contributed by atoms with Gasteiger partial charge in [-0.3, -0.25) is 0 Å². The molecule has 9 rings (SSSR count). The zero-order valence-corrected chi connectivity index (χ0v) is 40.6. The highest BCUT2D eigenvalue weighted by Crippen LogP contribution is 2.33. The smallest absolute Gasteiger partial charge is 0.441 e. The Hall–Kier alpha value is -2.06. The number of nitrogens with zero attached hydrogens (tertiary/aromatic N) is 1. The number of nitriles is 1. The van der Waals surface area contributed by atoms with E-state index in [0.29, 0.717) is 63.2 Å². The number of carbonyl (C=O) groups is 1. The summed E-state index contributed by atoms with van der Waals surface area (Å²) >= 11 is 0. The normalized spacial score (nSPS) is 35.4. The van der Waals surface area contributed by atoms with E-state index in [2.05, 4.69) is 60.1 Å². The molecule has 12 atom stereocenters. The lowest BCUT2D eigenvalue weighted by Gasteiger charge is -2.51. The molecule has 18 nitrogen and oxygen atoms in total. The van der Waals surface area contributed by atoms with Crippen molar-refractivity contribution in [2.75, 3.05) is 165 Å². The van der Waals surface area contributed by atoms with Gasteiger partial charge >= 0.3 is 12.1 Å². The van der Waals surface area contributed by atoms with Gasteiger partial charge in [0.2, 0.25) is 0 Å². The number of ether oxygens (including phenoxy) is 9. The number of methoxy groups -OCH3 is 1. The molecule has 9 fully saturated rings. The number of rotatable bonds is 3. The van der Waals surface area contributed by atoms with E-state index in [-0.39, 0.29) is 54.4 Å². The van der Waals surface area contributed by atoms with Gasteiger partial charge in [-0.2, -0.15) is 46.6 Å². The van der Waals surface area contributed by atoms with Gasteiger partial charge in [0.05, 0.1) is 118 Å². The zero-order chi connectivity index (χ0) is 51.0. The largest absolute Gasteiger partial charge is 0.465 e. The van der Waals surface area contributed by atoms with Crippen molar-refractivity contribution in [1.82, 2.24) is 0 Å². The van der Waals surface area contributed by atoms with E-state index < -0.39 is 24.7 Å². The number of morpholine rings is 7. The first-order chi connectivity index (χ1) is 32.8. The van der Waals surface area contributed by atoms with Crippen LogP contribution in [0.2, 0.25) is 0 Å². The summed E-state index contributed by atoms with van der Waals surface area (Å²) in [5, 5.41) is 8.47. The molecule has 8 heterocycles. The monoisotopic (exact) mass is 1010 g/mol. The number of quaternary nitrogens is 7. The molecule has 9 aliphatic rings. The second kappa shape index (κ2) is 31.5. The van der Waals surface area contributed by atoms with E-state index in [4.69, 9.17) is 43.2 Å². The Morgan fingerprint density at radius 3 is 1.42 bits per heavy atom. The van der Waals surface area contributed by atoms with Gasteiger partial charge in [0.1, 0.15) is 76.6 Å². The fourth-order valence-corrected chi connectivity index (χ4v) is 7.74. The van der Waals surface area contributed by atoms with Crippen molar-refractivity contribution in [2.24, 2.45) is 0 Å². The molecule has 8 aliphatic heterocycles. The van der Waals surface area contributed by atoms with Crippen molar-refractivity contribution in [2.45, 2.75) is 66.7 Å². The molecule has 1 aliphatic carbocycles. The van der Waals surface area contributed by atoms with Gasteiger partial charge in [-0.15, -0.1) is 21.1 Å². The molecule has 404 valence electrons. The molecule has 24 heteroatoms. The van der Waals surface area contributed by atoms with Crippen LogP contribution in [0.15, 0.2) is 0 Å². The summed E-state index contributed by atoms with van der Waals surface area (Å²) in [6.07, 6.45) is -3.84. The highest BCUT2D eigenvalue weighted by Gasteiger charge is 2.50. The predicted octanol–water partition coefficient (Wildman–Crippen LogP) is -7.51. The van der Waals surface area contributed by atoms with Crippen molar-refractivity contribution >= 4 is 5.97 Å². The third-order valence-corrected chi connectivity index (χ3v) is 13.4. The SMILES string of the molecule is [CH2-][NH+]1CCOCC12CC2.[CH2-][NH+]1CCOCC12COC2.[CH2-][NH+]1CCOCC1C#N.[CH2-][NH+]1CCOCC1C(=O)OC.[CH2-][NH+]1CCOCC1C(F)(F)F.[CH2-][NH+]1CCOCC1C(F)F.[CH2-][NH+]1CCOCC1CF. The number of hydrogen-bond acceptors (Lipinski definition) is 11. The Bertz CT molecular complexity index is 1460. The maximum Gasteiger partial charge on any atom is 0.441 e. The first-order valence-corrected chi connectivity index (χ1v) is 23.6. The van der Waals surface area contributed by atoms with Crippen molar-refractivity contribution in [3.63, 3.8) is 0 Å². The third-order valence-electron chi connectivity index (χ3n) is 13.4. The molecule has 0 aromatic rings. The van der Waals surface area contributed by atoms with Crippen LogP contribution in [0.25, 0.3) is 0 Å². The minimum absolute atomic E-state index is 0.0289. The number of hydrogen-bond donors (Lipinski definition) is 7. The van der Waals surface area contributed by atoms with Crippen molar-refractivity contribution < 1.29 is 108 Å². The Morgan fingerprint density at radius 2 is 1.09 bits per heavy atom. The lowest BCUT2D eigenvalue weighted by Crippen LogP contribution is -3.21. The second-order valence-corrected chi connectivity index (χ2v) is 18.4. The minimum atomic E-state index is -4.18. The molecule has 0 aromatic heterocycles. The zero-order valence-electron chi connectivity index (χ0n) is 40.6. The highest BCUT2D eigenvalue weighted by atomic mass is 19.4. The van der Waals surface area contributed by atoms with E-state index in [0.717, 1.165) is 100 Å². The molecule has 8 saturated heterocycles. The van der Waals surface area contributed by atoms with Gasteiger partial charge in [-0.25, -0.2) is 18.0 Å². The van der Waals surface area contributed by atoms with Crippen LogP contribution in [0, 0.1) is 60.7 Å². The lowest BCUT2D eigenvalue weighted by atomic mass is 9.96. The van der Waals surface area contributed by atoms with Gasteiger partial charge in [0.25, 0.3) is 6.43 Å². The molecule has 7 N–H and O–H groups in total. The molecular formula is C45H82F6N8O10. The average molecular weight is 1010 g/mol. The number of esters is 1. The quantitative estimate of drug-likeness (QED) is 0.0821. The standard InChI is InChI=1S/C7H13NO3.C7H13NO2.C7H13NO.C6H10F3NO.C6H11F2NO.C6H12FNO.C6H10N2O/c1-8-3-4-11-5-6(8)7(9)10-2;1-8-2-3-9-4-7(8)5-10-6-7;1-8-4-5-9-6-7(8)2-3-7;1-10-2-3-11-4-5(10)6(7,8)9;1-9-2-3-10-4-5(9)6(7)8;2*1-8-2-3-9-5-6(8)4-7/h6,8H,1,3-5H2,2H3;8H,1-6H2;8H,1-6H2;5,10H,1-4H2;5-6,9H,1-4H2;6,8H,1-5H2;6,8H,1-3,5H2. The van der Waals surface area contributed by atoms with E-state index in [9.17, 15) is 31.1 Å². The summed E-state index contributed by atoms with van der Waals surface area (Å²) in [6, 6.07) is -0.374. The summed E-state index contributed by atoms with van der Waals surface area (Å²) in [5.74, 6) is -0.241. The summed E-state index contributed by atoms with van der Waals surface area (Å²) < 4.78 is 117. The van der Waals surface area contributed by atoms with Gasteiger partial charge in [0.15, 0.2) is 18.1 Å². The summed E-state index contributed by atoms with van der Waals surface area (Å²) in [6.45, 7) is 14.7. The number of halogens is 6. The molecular weight excluding hydrogens is 927 g/mol. The average Bonchev–Trinajstić information content (AvgIpc) is 4.11. The second-order valence-electron chi connectivity index (χ2n) is 18.4. The maximum absolute atomic E-state index is 12.1. The molecule has 1 saturated carbocycles. The van der Waals surface area contributed by atoms with Crippen LogP contribution in [-0.4, -0.2) is 225 Å². The fourth-order valence-electron chi connectivity index (χ4n) is 7.74. The third kappa shape index (κ3) is 20.8. The Morgan fingerprint density at radius 1 is 0.623 bits per heavy atom. The molecule has 0 aromatic carbocycles. The number of alkyl halides is 6. The van der Waals surface area contributed by atoms with Gasteiger partial charge in [-0.05, 0) is 0 Å². The van der Waals surface area contributed by atoms with E-state index >= 15 is 0 Å². The summed E-state index contributed by atoms with van der Waals surface area (Å²) in [7, 11) is 27.7. The number of carbonyl (C=O) groups excluding carboxylic acids is 1. The maximum atomic E-state index is 12.1. The van der Waals surface area contributed by atoms with Gasteiger partial charge in [-0.1, -0.05) is 0 Å². The van der Waals surface area contributed by atoms with Crippen LogP contribution in [0.4, 0.5) is 26.3 Å². The molecule has 0 amide bonds. The van der Waals surface area contributed by atoms with E-state index in [1.54, 1.807) is 0 Å². The first kappa shape index (κ1) is 61.2. The van der Waals surface area contributed by atoms with Crippen LogP contribution >= 0.6 is 0 Å². The topological polar surface area (TPSA) is 155 Å². The van der Waals surface area contributed by atoms with E-state index in [1.807, 2.05) is 0 Å². The van der Waals surface area contributed by atoms with Gasteiger partial charge < -0.3 is 76.9 Å². The van der Waals surface area contributed by atoms with Crippen LogP contribution in [0.1, 0.15) is 12.8 Å². The molecule has 0 radical (unpaired) electrons.